The van der Waals surface area contributed by atoms with Gasteiger partial charge in [-0.1, -0.05) is 45.0 Å². The molecule has 0 saturated carbocycles. The first-order valence-electron chi connectivity index (χ1n) is 10.6. The Kier molecular flexibility index (Phi) is 5.79. The molecule has 4 rings (SSSR count). The minimum Gasteiger partial charge on any atom is -0.365 e. The molecule has 0 aliphatic heterocycles. The minimum absolute atomic E-state index is 0.0492. The molecule has 1 aromatic carbocycles. The molecule has 0 fully saturated rings. The number of carbonyl (C=O) groups excluding carboxylic acids is 2. The second-order valence-electron chi connectivity index (χ2n) is 9.14. The van der Waals surface area contributed by atoms with E-state index in [0.29, 0.717) is 10.6 Å². The monoisotopic (exact) mass is 452 g/mol. The summed E-state index contributed by atoms with van der Waals surface area (Å²) in [6.45, 7) is 8.47. The summed E-state index contributed by atoms with van der Waals surface area (Å²) in [5.74, 6) is -0.681. The first-order chi connectivity index (χ1) is 14.7. The molecule has 3 N–H and O–H groups in total. The lowest BCUT2D eigenvalue weighted by Crippen LogP contribution is -2.18. The number of thiophene rings is 2. The molecule has 0 radical (unpaired) electrons. The lowest BCUT2D eigenvalue weighted by Gasteiger charge is -2.19. The van der Waals surface area contributed by atoms with Crippen molar-refractivity contribution in [3.63, 3.8) is 0 Å². The van der Waals surface area contributed by atoms with Crippen molar-refractivity contribution >= 4 is 39.5 Å². The van der Waals surface area contributed by atoms with E-state index in [2.05, 4.69) is 38.2 Å². The molecule has 162 valence electrons. The van der Waals surface area contributed by atoms with Gasteiger partial charge >= 0.3 is 0 Å². The van der Waals surface area contributed by atoms with E-state index in [4.69, 9.17) is 5.73 Å². The van der Waals surface area contributed by atoms with E-state index < -0.39 is 5.91 Å². The van der Waals surface area contributed by atoms with Gasteiger partial charge in [-0.2, -0.15) is 0 Å². The van der Waals surface area contributed by atoms with Crippen LogP contribution in [0.4, 0.5) is 5.00 Å². The lowest BCUT2D eigenvalue weighted by molar-refractivity contribution is 0.100. The smallest absolute Gasteiger partial charge is 0.257 e. The van der Waals surface area contributed by atoms with E-state index >= 15 is 0 Å². The van der Waals surface area contributed by atoms with Crippen LogP contribution in [-0.2, 0) is 18.3 Å². The first-order valence-corrected chi connectivity index (χ1v) is 12.3. The number of hydrogen-bond acceptors (Lipinski definition) is 4. The molecule has 0 spiro atoms. The van der Waals surface area contributed by atoms with Gasteiger partial charge in [0, 0.05) is 20.7 Å². The van der Waals surface area contributed by atoms with Crippen molar-refractivity contribution in [3.8, 4) is 11.1 Å². The van der Waals surface area contributed by atoms with Crippen LogP contribution in [0.3, 0.4) is 0 Å². The van der Waals surface area contributed by atoms with E-state index in [1.54, 1.807) is 11.3 Å². The van der Waals surface area contributed by atoms with Crippen LogP contribution in [0.15, 0.2) is 29.6 Å². The zero-order valence-corrected chi connectivity index (χ0v) is 20.1. The van der Waals surface area contributed by atoms with Crippen LogP contribution < -0.4 is 11.1 Å². The largest absolute Gasteiger partial charge is 0.365 e. The minimum atomic E-state index is -0.526. The van der Waals surface area contributed by atoms with E-state index in [9.17, 15) is 9.59 Å². The topological polar surface area (TPSA) is 72.2 Å². The number of amides is 2. The van der Waals surface area contributed by atoms with Crippen molar-refractivity contribution in [2.45, 2.75) is 58.8 Å². The summed E-state index contributed by atoms with van der Waals surface area (Å²) in [7, 11) is 0. The van der Waals surface area contributed by atoms with Gasteiger partial charge in [0.2, 0.25) is 0 Å². The van der Waals surface area contributed by atoms with Crippen molar-refractivity contribution in [3.05, 3.63) is 61.7 Å². The maximum Gasteiger partial charge on any atom is 0.257 e. The van der Waals surface area contributed by atoms with Gasteiger partial charge in [-0.05, 0) is 54.7 Å². The number of benzene rings is 1. The van der Waals surface area contributed by atoms with E-state index in [0.717, 1.165) is 40.8 Å². The molecule has 6 heteroatoms. The molecule has 0 unspecified atom stereocenters. The number of nitrogens with two attached hydrogens (primary N) is 1. The summed E-state index contributed by atoms with van der Waals surface area (Å²) in [4.78, 5) is 27.8. The third kappa shape index (κ3) is 4.19. The maximum absolute atomic E-state index is 13.1. The number of primary amides is 1. The normalized spacial score (nSPS) is 13.7. The fraction of sp³-hybridized carbons (Fsp3) is 0.360. The second kappa shape index (κ2) is 8.24. The second-order valence-corrected chi connectivity index (χ2v) is 11.3. The summed E-state index contributed by atoms with van der Waals surface area (Å²) in [6, 6.07) is 8.24. The van der Waals surface area contributed by atoms with Gasteiger partial charge in [0.05, 0.1) is 11.1 Å². The molecular formula is C25H28N2O2S2. The van der Waals surface area contributed by atoms with Gasteiger partial charge in [0.1, 0.15) is 5.00 Å². The molecule has 4 nitrogen and oxygen atoms in total. The summed E-state index contributed by atoms with van der Waals surface area (Å²) in [5.41, 5.74) is 11.1. The number of aryl methyl sites for hydroxylation is 2. The van der Waals surface area contributed by atoms with Gasteiger partial charge in [0.25, 0.3) is 11.8 Å². The number of fused-ring (bicyclic) bond motifs is 1. The molecule has 2 aromatic heterocycles. The highest BCUT2D eigenvalue weighted by Gasteiger charge is 2.26. The van der Waals surface area contributed by atoms with Crippen molar-refractivity contribution < 1.29 is 9.59 Å². The highest BCUT2D eigenvalue weighted by molar-refractivity contribution is 7.17. The molecule has 1 aliphatic carbocycles. The van der Waals surface area contributed by atoms with Crippen LogP contribution in [-0.4, -0.2) is 11.8 Å². The van der Waals surface area contributed by atoms with Crippen molar-refractivity contribution in [2.24, 2.45) is 5.73 Å². The van der Waals surface area contributed by atoms with Gasteiger partial charge in [-0.3, -0.25) is 9.59 Å². The van der Waals surface area contributed by atoms with Gasteiger partial charge < -0.3 is 11.1 Å². The van der Waals surface area contributed by atoms with Crippen LogP contribution in [0.5, 0.6) is 0 Å². The zero-order valence-electron chi connectivity index (χ0n) is 18.4. The molecule has 3 aromatic rings. The van der Waals surface area contributed by atoms with Crippen LogP contribution in [0.1, 0.15) is 75.2 Å². The molecule has 31 heavy (non-hydrogen) atoms. The highest BCUT2D eigenvalue weighted by Crippen LogP contribution is 2.41. The Balaban J connectivity index is 1.69. The fourth-order valence-corrected chi connectivity index (χ4v) is 6.41. The number of carbonyl (C=O) groups is 2. The Bertz CT molecular complexity index is 1150. The van der Waals surface area contributed by atoms with Crippen molar-refractivity contribution in [1.82, 2.24) is 0 Å². The molecule has 0 bridgehead atoms. The zero-order chi connectivity index (χ0) is 22.3. The molecular weight excluding hydrogens is 424 g/mol. The predicted octanol–water partition coefficient (Wildman–Crippen LogP) is 6.31. The van der Waals surface area contributed by atoms with E-state index in [1.165, 1.54) is 33.8 Å². The Morgan fingerprint density at radius 1 is 1.06 bits per heavy atom. The molecule has 0 atom stereocenters. The van der Waals surface area contributed by atoms with Crippen LogP contribution in [0.25, 0.3) is 11.1 Å². The van der Waals surface area contributed by atoms with Crippen LogP contribution >= 0.6 is 22.7 Å². The Labute approximate surface area is 191 Å². The SMILES string of the molecule is Cc1sc(NC(=O)c2csc3c2CCCC3)c(C(N)=O)c1-c1ccc(C(C)(C)C)cc1. The summed E-state index contributed by atoms with van der Waals surface area (Å²) in [5, 5.41) is 5.47. The Hall–Kier alpha value is -2.44. The number of hydrogen-bond donors (Lipinski definition) is 2. The fourth-order valence-electron chi connectivity index (χ4n) is 4.21. The first kappa shape index (κ1) is 21.8. The summed E-state index contributed by atoms with van der Waals surface area (Å²) >= 11 is 3.07. The lowest BCUT2D eigenvalue weighted by atomic mass is 9.86. The number of anilines is 1. The van der Waals surface area contributed by atoms with E-state index in [1.807, 2.05) is 24.4 Å². The number of rotatable bonds is 4. The third-order valence-corrected chi connectivity index (χ3v) is 8.01. The average Bonchev–Trinajstić information content (AvgIpc) is 3.28. The highest BCUT2D eigenvalue weighted by atomic mass is 32.1. The standard InChI is InChI=1S/C25H28N2O2S2/c1-14-20(15-9-11-16(12-10-15)25(2,3)4)21(22(26)28)24(31-14)27-23(29)18-13-30-19-8-6-5-7-17(18)19/h9-13H,5-8H2,1-4H3,(H2,26,28)(H,27,29). The maximum atomic E-state index is 13.1. The predicted molar refractivity (Wildman–Crippen MR) is 131 cm³/mol. The average molecular weight is 453 g/mol. The Morgan fingerprint density at radius 3 is 2.39 bits per heavy atom. The van der Waals surface area contributed by atoms with E-state index in [-0.39, 0.29) is 11.3 Å². The number of nitrogens with one attached hydrogen (secondary N) is 1. The molecule has 2 amide bonds. The van der Waals surface area contributed by atoms with Gasteiger partial charge in [0.15, 0.2) is 0 Å². The van der Waals surface area contributed by atoms with Gasteiger partial charge in [-0.15, -0.1) is 22.7 Å². The summed E-state index contributed by atoms with van der Waals surface area (Å²) in [6.07, 6.45) is 4.29. The van der Waals surface area contributed by atoms with Crippen LogP contribution in [0.2, 0.25) is 0 Å². The van der Waals surface area contributed by atoms with Gasteiger partial charge in [-0.25, -0.2) is 0 Å². The molecule has 1 aliphatic rings. The summed E-state index contributed by atoms with van der Waals surface area (Å²) < 4.78 is 0. The molecule has 2 heterocycles. The quantitative estimate of drug-likeness (QED) is 0.487. The van der Waals surface area contributed by atoms with Crippen molar-refractivity contribution in [2.75, 3.05) is 5.32 Å². The van der Waals surface area contributed by atoms with Crippen molar-refractivity contribution in [1.29, 1.82) is 0 Å². The Morgan fingerprint density at radius 2 is 1.74 bits per heavy atom. The van der Waals surface area contributed by atoms with Crippen LogP contribution in [0, 0.1) is 6.92 Å². The third-order valence-electron chi connectivity index (χ3n) is 5.90. The molecule has 0 saturated heterocycles.